The molecule has 0 aromatic heterocycles. The summed E-state index contributed by atoms with van der Waals surface area (Å²) >= 11 is 0. The summed E-state index contributed by atoms with van der Waals surface area (Å²) in [7, 11) is -2.28. The lowest BCUT2D eigenvalue weighted by Gasteiger charge is -2.27. The number of ether oxygens (including phenoxy) is 2. The van der Waals surface area contributed by atoms with Gasteiger partial charge in [0.15, 0.2) is 0 Å². The molecule has 0 atom stereocenters. The van der Waals surface area contributed by atoms with Crippen molar-refractivity contribution in [2.75, 3.05) is 44.9 Å². The van der Waals surface area contributed by atoms with Crippen molar-refractivity contribution in [2.24, 2.45) is 0 Å². The van der Waals surface area contributed by atoms with Gasteiger partial charge in [-0.3, -0.25) is 4.79 Å². The Morgan fingerprint density at radius 1 is 1.10 bits per heavy atom. The summed E-state index contributed by atoms with van der Waals surface area (Å²) in [5.41, 5.74) is 2.74. The van der Waals surface area contributed by atoms with Crippen LogP contribution in [0.3, 0.4) is 0 Å². The molecule has 2 aromatic carbocycles. The molecule has 7 nitrogen and oxygen atoms in total. The van der Waals surface area contributed by atoms with Crippen molar-refractivity contribution in [2.45, 2.75) is 17.7 Å². The third-order valence-corrected chi connectivity index (χ3v) is 7.28. The van der Waals surface area contributed by atoms with Crippen molar-refractivity contribution in [1.82, 2.24) is 4.31 Å². The van der Waals surface area contributed by atoms with Crippen LogP contribution in [0.15, 0.2) is 47.4 Å². The molecule has 2 aliphatic rings. The number of anilines is 1. The average Bonchev–Trinajstić information content (AvgIpc) is 3.18. The van der Waals surface area contributed by atoms with E-state index in [0.29, 0.717) is 38.4 Å². The fourth-order valence-corrected chi connectivity index (χ4v) is 5.44. The maximum Gasteiger partial charge on any atom is 0.246 e. The first-order valence-electron chi connectivity index (χ1n) is 9.64. The van der Waals surface area contributed by atoms with Crippen molar-refractivity contribution < 1.29 is 22.7 Å². The number of carbonyl (C=O) groups excluding carboxylic acids is 1. The lowest BCUT2D eigenvalue weighted by Crippen LogP contribution is -2.40. The minimum atomic E-state index is -3.73. The fourth-order valence-electron chi connectivity index (χ4n) is 3.83. The standard InChI is InChI=1S/C21H24N2O5S/c1-27-19-7-6-16(14-20(19)29(25,26)22-10-12-28-13-11-22)15-21(24)23-9-8-17-4-2-3-5-18(17)23/h2-7,14H,8-13,15H2,1H3. The first kappa shape index (κ1) is 19.9. The molecule has 0 radical (unpaired) electrons. The Morgan fingerprint density at radius 3 is 2.62 bits per heavy atom. The van der Waals surface area contributed by atoms with E-state index in [1.165, 1.54) is 11.4 Å². The van der Waals surface area contributed by atoms with E-state index in [9.17, 15) is 13.2 Å². The van der Waals surface area contributed by atoms with Crippen LogP contribution in [0.2, 0.25) is 0 Å². The molecular formula is C21H24N2O5S. The Bertz CT molecular complexity index is 1020. The molecule has 4 rings (SSSR count). The van der Waals surface area contributed by atoms with Gasteiger partial charge in [-0.25, -0.2) is 8.42 Å². The zero-order chi connectivity index (χ0) is 20.4. The summed E-state index contributed by atoms with van der Waals surface area (Å²) in [6, 6.07) is 12.8. The number of para-hydroxylation sites is 1. The number of rotatable bonds is 5. The van der Waals surface area contributed by atoms with Gasteiger partial charge in [-0.05, 0) is 35.7 Å². The number of morpholine rings is 1. The molecule has 8 heteroatoms. The highest BCUT2D eigenvalue weighted by atomic mass is 32.2. The number of benzene rings is 2. The molecule has 0 saturated carbocycles. The lowest BCUT2D eigenvalue weighted by molar-refractivity contribution is -0.117. The van der Waals surface area contributed by atoms with Crippen LogP contribution >= 0.6 is 0 Å². The van der Waals surface area contributed by atoms with Gasteiger partial charge < -0.3 is 14.4 Å². The number of nitrogens with zero attached hydrogens (tertiary/aromatic N) is 2. The SMILES string of the molecule is COc1ccc(CC(=O)N2CCc3ccccc32)cc1S(=O)(=O)N1CCOCC1. The van der Waals surface area contributed by atoms with E-state index in [4.69, 9.17) is 9.47 Å². The van der Waals surface area contributed by atoms with Crippen LogP contribution < -0.4 is 9.64 Å². The Labute approximate surface area is 170 Å². The van der Waals surface area contributed by atoms with Gasteiger partial charge >= 0.3 is 0 Å². The molecule has 1 amide bonds. The van der Waals surface area contributed by atoms with Gasteiger partial charge in [0.05, 0.1) is 26.7 Å². The predicted molar refractivity (Wildman–Crippen MR) is 109 cm³/mol. The largest absolute Gasteiger partial charge is 0.495 e. The topological polar surface area (TPSA) is 76.2 Å². The lowest BCUT2D eigenvalue weighted by atomic mass is 10.1. The van der Waals surface area contributed by atoms with Gasteiger partial charge in [-0.15, -0.1) is 0 Å². The number of hydrogen-bond acceptors (Lipinski definition) is 5. The highest BCUT2D eigenvalue weighted by Crippen LogP contribution is 2.31. The Morgan fingerprint density at radius 2 is 1.86 bits per heavy atom. The minimum Gasteiger partial charge on any atom is -0.495 e. The molecule has 2 heterocycles. The normalized spacial score (nSPS) is 17.2. The summed E-state index contributed by atoms with van der Waals surface area (Å²) < 4.78 is 38.2. The zero-order valence-corrected chi connectivity index (χ0v) is 17.2. The van der Waals surface area contributed by atoms with Crippen LogP contribution in [0, 0.1) is 0 Å². The van der Waals surface area contributed by atoms with Gasteiger partial charge in [-0.2, -0.15) is 4.31 Å². The van der Waals surface area contributed by atoms with E-state index in [0.717, 1.165) is 17.7 Å². The van der Waals surface area contributed by atoms with Crippen molar-refractivity contribution in [3.63, 3.8) is 0 Å². The fraction of sp³-hybridized carbons (Fsp3) is 0.381. The second-order valence-electron chi connectivity index (χ2n) is 7.10. The van der Waals surface area contributed by atoms with Crippen LogP contribution in [-0.4, -0.2) is 58.6 Å². The van der Waals surface area contributed by atoms with Gasteiger partial charge in [0.1, 0.15) is 10.6 Å². The molecule has 2 aromatic rings. The summed E-state index contributed by atoms with van der Waals surface area (Å²) in [6.07, 6.45) is 0.963. The van der Waals surface area contributed by atoms with E-state index in [-0.39, 0.29) is 23.0 Å². The first-order valence-corrected chi connectivity index (χ1v) is 11.1. The van der Waals surface area contributed by atoms with Gasteiger partial charge in [0.2, 0.25) is 15.9 Å². The van der Waals surface area contributed by atoms with E-state index in [1.54, 1.807) is 23.1 Å². The van der Waals surface area contributed by atoms with Gasteiger partial charge in [0, 0.05) is 25.3 Å². The quantitative estimate of drug-likeness (QED) is 0.744. The minimum absolute atomic E-state index is 0.0464. The summed E-state index contributed by atoms with van der Waals surface area (Å²) in [6.45, 7) is 1.99. The predicted octanol–water partition coefficient (Wildman–Crippen LogP) is 1.85. The number of fused-ring (bicyclic) bond motifs is 1. The van der Waals surface area contributed by atoms with Crippen molar-refractivity contribution >= 4 is 21.6 Å². The number of amides is 1. The molecule has 29 heavy (non-hydrogen) atoms. The third kappa shape index (κ3) is 3.88. The van der Waals surface area contributed by atoms with Crippen LogP contribution in [0.4, 0.5) is 5.69 Å². The maximum absolute atomic E-state index is 13.1. The van der Waals surface area contributed by atoms with E-state index >= 15 is 0 Å². The molecule has 0 unspecified atom stereocenters. The summed E-state index contributed by atoms with van der Waals surface area (Å²) in [5, 5.41) is 0. The van der Waals surface area contributed by atoms with Crippen LogP contribution in [0.25, 0.3) is 0 Å². The average molecular weight is 416 g/mol. The molecule has 0 N–H and O–H groups in total. The van der Waals surface area contributed by atoms with Crippen molar-refractivity contribution in [3.8, 4) is 5.75 Å². The van der Waals surface area contributed by atoms with Crippen LogP contribution in [-0.2, 0) is 32.4 Å². The second kappa shape index (κ2) is 8.14. The van der Waals surface area contributed by atoms with Crippen molar-refractivity contribution in [1.29, 1.82) is 0 Å². The van der Waals surface area contributed by atoms with E-state index in [2.05, 4.69) is 0 Å². The molecule has 0 bridgehead atoms. The number of carbonyl (C=O) groups is 1. The van der Waals surface area contributed by atoms with Crippen LogP contribution in [0.5, 0.6) is 5.75 Å². The molecule has 154 valence electrons. The molecule has 1 saturated heterocycles. The molecule has 0 aliphatic carbocycles. The molecule has 1 fully saturated rings. The number of methoxy groups -OCH3 is 1. The molecular weight excluding hydrogens is 392 g/mol. The Kier molecular flexibility index (Phi) is 5.58. The van der Waals surface area contributed by atoms with E-state index in [1.807, 2.05) is 24.3 Å². The highest BCUT2D eigenvalue weighted by molar-refractivity contribution is 7.89. The number of sulfonamides is 1. The summed E-state index contributed by atoms with van der Waals surface area (Å²) in [5.74, 6) is 0.231. The first-order chi connectivity index (χ1) is 14.0. The second-order valence-corrected chi connectivity index (χ2v) is 9.01. The van der Waals surface area contributed by atoms with Crippen molar-refractivity contribution in [3.05, 3.63) is 53.6 Å². The maximum atomic E-state index is 13.1. The molecule has 2 aliphatic heterocycles. The van der Waals surface area contributed by atoms with Crippen LogP contribution in [0.1, 0.15) is 11.1 Å². The Balaban J connectivity index is 1.59. The number of hydrogen-bond donors (Lipinski definition) is 0. The Hall–Kier alpha value is -2.42. The monoisotopic (exact) mass is 416 g/mol. The van der Waals surface area contributed by atoms with E-state index < -0.39 is 10.0 Å². The van der Waals surface area contributed by atoms with Gasteiger partial charge in [0.25, 0.3) is 0 Å². The zero-order valence-electron chi connectivity index (χ0n) is 16.3. The smallest absolute Gasteiger partial charge is 0.246 e. The third-order valence-electron chi connectivity index (χ3n) is 5.36. The summed E-state index contributed by atoms with van der Waals surface area (Å²) in [4.78, 5) is 14.8. The van der Waals surface area contributed by atoms with Gasteiger partial charge in [-0.1, -0.05) is 24.3 Å². The highest BCUT2D eigenvalue weighted by Gasteiger charge is 2.30. The molecule has 0 spiro atoms.